The lowest BCUT2D eigenvalue weighted by Crippen LogP contribution is -2.48. The maximum absolute atomic E-state index is 14.0. The molecular weight excluding hydrogens is 504 g/mol. The molecule has 2 heterocycles. The number of ketones is 1. The molecule has 1 aromatic heterocycles. The van der Waals surface area contributed by atoms with Gasteiger partial charge in [-0.15, -0.1) is 0 Å². The number of rotatable bonds is 10. The summed E-state index contributed by atoms with van der Waals surface area (Å²) in [6.45, 7) is 2.50. The zero-order valence-corrected chi connectivity index (χ0v) is 22.7. The minimum Gasteiger partial charge on any atom is -0.483 e. The van der Waals surface area contributed by atoms with Crippen molar-refractivity contribution in [2.45, 2.75) is 25.5 Å². The molecule has 4 aromatic rings. The summed E-state index contributed by atoms with van der Waals surface area (Å²) in [4.78, 5) is 42.0. The van der Waals surface area contributed by atoms with Crippen molar-refractivity contribution in [3.05, 3.63) is 135 Å². The summed E-state index contributed by atoms with van der Waals surface area (Å²) >= 11 is 0. The van der Waals surface area contributed by atoms with Gasteiger partial charge in [-0.1, -0.05) is 91.0 Å². The van der Waals surface area contributed by atoms with E-state index in [0.29, 0.717) is 19.7 Å². The lowest BCUT2D eigenvalue weighted by molar-refractivity contribution is 0.0578. The first-order valence-corrected chi connectivity index (χ1v) is 13.3. The average Bonchev–Trinajstić information content (AvgIpc) is 2.98. The number of carbonyl (C=O) groups excluding carboxylic acids is 2. The third-order valence-electron chi connectivity index (χ3n) is 7.32. The molecule has 1 amide bonds. The van der Waals surface area contributed by atoms with Gasteiger partial charge in [-0.2, -0.15) is 0 Å². The molecule has 0 saturated carbocycles. The molecule has 0 aliphatic carbocycles. The zero-order valence-electron chi connectivity index (χ0n) is 22.7. The molecular formula is C33H32N2O5. The molecule has 0 fully saturated rings. The molecule has 0 spiro atoms. The Hall–Kier alpha value is -4.49. The van der Waals surface area contributed by atoms with E-state index in [1.165, 1.54) is 6.92 Å². The normalized spacial score (nSPS) is 14.7. The standard InChI is InChI=1S/C33H32N2O5/c1-23(36)27-20-35-28(29(25-14-8-4-9-15-25)26-16-10-5-11-17-26)21-34(18-19-39-2)33(38)30(35)32(31(27)37)40-22-24-12-6-3-7-13-24/h3-17,20,28-29H,18-19,21-22H2,1-2H3/t28-/m1/s1. The highest BCUT2D eigenvalue weighted by Gasteiger charge is 2.40. The Morgan fingerprint density at radius 1 is 0.900 bits per heavy atom. The second-order valence-electron chi connectivity index (χ2n) is 9.90. The van der Waals surface area contributed by atoms with E-state index in [2.05, 4.69) is 24.3 Å². The Morgan fingerprint density at radius 3 is 2.02 bits per heavy atom. The van der Waals surface area contributed by atoms with Gasteiger partial charge in [-0.25, -0.2) is 0 Å². The number of amides is 1. The van der Waals surface area contributed by atoms with Gasteiger partial charge in [0.15, 0.2) is 17.2 Å². The number of hydrogen-bond donors (Lipinski definition) is 0. The van der Waals surface area contributed by atoms with Crippen LogP contribution in [-0.2, 0) is 11.3 Å². The number of Topliss-reactive ketones (excluding diaryl/α,β-unsaturated/α-hetero) is 1. The van der Waals surface area contributed by atoms with Crippen LogP contribution in [0.25, 0.3) is 0 Å². The summed E-state index contributed by atoms with van der Waals surface area (Å²) in [5.41, 5.74) is 2.52. The largest absolute Gasteiger partial charge is 0.483 e. The van der Waals surface area contributed by atoms with Crippen molar-refractivity contribution in [2.75, 3.05) is 26.8 Å². The minimum atomic E-state index is -0.577. The predicted octanol–water partition coefficient (Wildman–Crippen LogP) is 5.11. The number of pyridine rings is 1. The predicted molar refractivity (Wildman–Crippen MR) is 153 cm³/mol. The van der Waals surface area contributed by atoms with Crippen molar-refractivity contribution >= 4 is 11.7 Å². The summed E-state index contributed by atoms with van der Waals surface area (Å²) in [6.07, 6.45) is 1.55. The average molecular weight is 537 g/mol. The SMILES string of the molecule is COCCN1C[C@H](C(c2ccccc2)c2ccccc2)n2cc(C(C)=O)c(=O)c(OCc3ccccc3)c2C1=O. The highest BCUT2D eigenvalue weighted by molar-refractivity contribution is 5.99. The quantitative estimate of drug-likeness (QED) is 0.264. The monoisotopic (exact) mass is 536 g/mol. The Labute approximate surface area is 233 Å². The number of aromatic nitrogens is 1. The van der Waals surface area contributed by atoms with Gasteiger partial charge in [0, 0.05) is 32.3 Å². The van der Waals surface area contributed by atoms with Gasteiger partial charge in [-0.3, -0.25) is 14.4 Å². The second kappa shape index (κ2) is 12.1. The molecule has 3 aromatic carbocycles. The number of fused-ring (bicyclic) bond motifs is 1. The second-order valence-corrected chi connectivity index (χ2v) is 9.90. The first-order valence-electron chi connectivity index (χ1n) is 13.3. The van der Waals surface area contributed by atoms with Crippen LogP contribution in [0.1, 0.15) is 56.4 Å². The fourth-order valence-corrected chi connectivity index (χ4v) is 5.36. The van der Waals surface area contributed by atoms with E-state index in [9.17, 15) is 14.4 Å². The van der Waals surface area contributed by atoms with Crippen molar-refractivity contribution in [2.24, 2.45) is 0 Å². The Kier molecular flexibility index (Phi) is 8.22. The van der Waals surface area contributed by atoms with Crippen LogP contribution in [-0.4, -0.2) is 48.0 Å². The molecule has 0 radical (unpaired) electrons. The van der Waals surface area contributed by atoms with E-state index >= 15 is 0 Å². The molecule has 1 aliphatic rings. The molecule has 7 nitrogen and oxygen atoms in total. The molecule has 0 bridgehead atoms. The molecule has 1 aliphatic heterocycles. The van der Waals surface area contributed by atoms with Gasteiger partial charge in [-0.05, 0) is 23.6 Å². The van der Waals surface area contributed by atoms with Crippen molar-refractivity contribution in [3.63, 3.8) is 0 Å². The molecule has 1 atom stereocenters. The lowest BCUT2D eigenvalue weighted by atomic mass is 9.83. The third kappa shape index (κ3) is 5.46. The molecule has 0 unspecified atom stereocenters. The maximum Gasteiger partial charge on any atom is 0.274 e. The number of carbonyl (C=O) groups is 2. The van der Waals surface area contributed by atoms with Crippen molar-refractivity contribution < 1.29 is 19.1 Å². The van der Waals surface area contributed by atoms with Crippen molar-refractivity contribution in [1.82, 2.24) is 9.47 Å². The topological polar surface area (TPSA) is 77.8 Å². The van der Waals surface area contributed by atoms with Crippen LogP contribution in [0.2, 0.25) is 0 Å². The van der Waals surface area contributed by atoms with E-state index in [-0.39, 0.29) is 47.3 Å². The van der Waals surface area contributed by atoms with Crippen LogP contribution in [0.3, 0.4) is 0 Å². The van der Waals surface area contributed by atoms with Gasteiger partial charge in [0.05, 0.1) is 18.2 Å². The Morgan fingerprint density at radius 2 is 1.48 bits per heavy atom. The van der Waals surface area contributed by atoms with Crippen LogP contribution in [0.15, 0.2) is 102 Å². The fraction of sp³-hybridized carbons (Fsp3) is 0.242. The maximum atomic E-state index is 14.0. The van der Waals surface area contributed by atoms with E-state index < -0.39 is 5.43 Å². The van der Waals surface area contributed by atoms with E-state index in [4.69, 9.17) is 9.47 Å². The first-order chi connectivity index (χ1) is 19.5. The molecule has 5 rings (SSSR count). The summed E-state index contributed by atoms with van der Waals surface area (Å²) < 4.78 is 13.2. The summed E-state index contributed by atoms with van der Waals surface area (Å²) in [7, 11) is 1.59. The molecule has 204 valence electrons. The molecule has 0 saturated heterocycles. The number of nitrogens with zero attached hydrogens (tertiary/aromatic N) is 2. The molecule has 0 N–H and O–H groups in total. The van der Waals surface area contributed by atoms with Crippen LogP contribution in [0.5, 0.6) is 5.75 Å². The first kappa shape index (κ1) is 27.1. The van der Waals surface area contributed by atoms with Crippen LogP contribution >= 0.6 is 0 Å². The molecule has 40 heavy (non-hydrogen) atoms. The Bertz CT molecular complexity index is 1490. The minimum absolute atomic E-state index is 0.00479. The number of ether oxygens (including phenoxy) is 2. The number of benzene rings is 3. The number of methoxy groups -OCH3 is 1. The Balaban J connectivity index is 1.73. The van der Waals surface area contributed by atoms with E-state index in [1.54, 1.807) is 22.8 Å². The highest BCUT2D eigenvalue weighted by Crippen LogP contribution is 2.40. The van der Waals surface area contributed by atoms with E-state index in [1.807, 2.05) is 66.7 Å². The van der Waals surface area contributed by atoms with E-state index in [0.717, 1.165) is 16.7 Å². The summed E-state index contributed by atoms with van der Waals surface area (Å²) in [5.74, 6) is -0.991. The van der Waals surface area contributed by atoms with Crippen LogP contribution < -0.4 is 10.2 Å². The van der Waals surface area contributed by atoms with Gasteiger partial charge < -0.3 is 18.9 Å². The third-order valence-corrected chi connectivity index (χ3v) is 7.32. The summed E-state index contributed by atoms with van der Waals surface area (Å²) in [6, 6.07) is 29.2. The van der Waals surface area contributed by atoms with Crippen LogP contribution in [0.4, 0.5) is 0 Å². The van der Waals surface area contributed by atoms with Crippen molar-refractivity contribution in [1.29, 1.82) is 0 Å². The van der Waals surface area contributed by atoms with Gasteiger partial charge in [0.1, 0.15) is 6.61 Å². The van der Waals surface area contributed by atoms with Gasteiger partial charge in [0.2, 0.25) is 5.43 Å². The van der Waals surface area contributed by atoms with Gasteiger partial charge in [0.25, 0.3) is 5.91 Å². The van der Waals surface area contributed by atoms with Gasteiger partial charge >= 0.3 is 0 Å². The fourth-order valence-electron chi connectivity index (χ4n) is 5.36. The number of hydrogen-bond acceptors (Lipinski definition) is 5. The smallest absolute Gasteiger partial charge is 0.274 e. The molecule has 7 heteroatoms. The van der Waals surface area contributed by atoms with Crippen LogP contribution in [0, 0.1) is 0 Å². The zero-order chi connectivity index (χ0) is 28.1. The van der Waals surface area contributed by atoms with Crippen molar-refractivity contribution in [3.8, 4) is 5.75 Å². The lowest BCUT2D eigenvalue weighted by Gasteiger charge is -2.41. The highest BCUT2D eigenvalue weighted by atomic mass is 16.5. The summed E-state index contributed by atoms with van der Waals surface area (Å²) in [5, 5.41) is 0.